The molecule has 1 heterocycles. The summed E-state index contributed by atoms with van der Waals surface area (Å²) in [4.78, 5) is 15.0. The smallest absolute Gasteiger partial charge is 0.303 e. The topological polar surface area (TPSA) is 76.2 Å². The summed E-state index contributed by atoms with van der Waals surface area (Å²) in [5.74, 6) is 1.00. The van der Waals surface area contributed by atoms with Crippen molar-refractivity contribution in [3.05, 3.63) is 11.7 Å². The van der Waals surface area contributed by atoms with E-state index in [1.165, 1.54) is 0 Å². The van der Waals surface area contributed by atoms with Crippen molar-refractivity contribution in [2.24, 2.45) is 5.41 Å². The quantitative estimate of drug-likeness (QED) is 0.827. The van der Waals surface area contributed by atoms with Crippen molar-refractivity contribution in [1.29, 1.82) is 0 Å². The van der Waals surface area contributed by atoms with Crippen LogP contribution in [-0.2, 0) is 11.2 Å². The molecule has 0 aromatic carbocycles. The maximum absolute atomic E-state index is 10.7. The number of aliphatic carboxylic acids is 1. The molecule has 1 aliphatic rings. The highest BCUT2D eigenvalue weighted by Crippen LogP contribution is 2.38. The molecule has 5 heteroatoms. The highest BCUT2D eigenvalue weighted by Gasteiger charge is 2.30. The molecule has 0 saturated heterocycles. The molecule has 1 saturated carbocycles. The minimum atomic E-state index is -0.799. The maximum atomic E-state index is 10.7. The Morgan fingerprint density at radius 3 is 2.81 bits per heavy atom. The molecule has 1 aliphatic carbocycles. The molecule has 5 nitrogen and oxygen atoms in total. The van der Waals surface area contributed by atoms with Crippen LogP contribution in [-0.4, -0.2) is 21.2 Å². The van der Waals surface area contributed by atoms with Crippen LogP contribution in [0, 0.1) is 5.41 Å². The second-order valence-corrected chi connectivity index (χ2v) is 5.23. The Bertz CT molecular complexity index is 394. The summed E-state index contributed by atoms with van der Waals surface area (Å²) in [5.41, 5.74) is -0.348. The van der Waals surface area contributed by atoms with Crippen molar-refractivity contribution in [2.45, 2.75) is 45.4 Å². The van der Waals surface area contributed by atoms with E-state index in [4.69, 9.17) is 9.63 Å². The monoisotopic (exact) mass is 224 g/mol. The van der Waals surface area contributed by atoms with Gasteiger partial charge in [-0.2, -0.15) is 4.98 Å². The first-order chi connectivity index (χ1) is 7.46. The van der Waals surface area contributed by atoms with E-state index in [1.54, 1.807) is 0 Å². The molecule has 16 heavy (non-hydrogen) atoms. The lowest BCUT2D eigenvalue weighted by atomic mass is 9.86. The van der Waals surface area contributed by atoms with Gasteiger partial charge in [0.05, 0.1) is 6.42 Å². The highest BCUT2D eigenvalue weighted by atomic mass is 16.5. The van der Waals surface area contributed by atoms with E-state index in [-0.39, 0.29) is 11.8 Å². The van der Waals surface area contributed by atoms with Gasteiger partial charge in [-0.3, -0.25) is 4.79 Å². The van der Waals surface area contributed by atoms with Crippen LogP contribution in [0.3, 0.4) is 0 Å². The van der Waals surface area contributed by atoms with E-state index in [0.29, 0.717) is 18.2 Å². The third kappa shape index (κ3) is 2.81. The van der Waals surface area contributed by atoms with Crippen LogP contribution in [0.2, 0.25) is 0 Å². The van der Waals surface area contributed by atoms with Crippen LogP contribution in [0.25, 0.3) is 0 Å². The molecule has 0 aliphatic heterocycles. The van der Waals surface area contributed by atoms with Gasteiger partial charge in [-0.1, -0.05) is 19.0 Å². The van der Waals surface area contributed by atoms with E-state index in [2.05, 4.69) is 10.1 Å². The van der Waals surface area contributed by atoms with Gasteiger partial charge >= 0.3 is 5.97 Å². The summed E-state index contributed by atoms with van der Waals surface area (Å²) in [5, 5.41) is 12.7. The van der Waals surface area contributed by atoms with E-state index < -0.39 is 5.97 Å². The first-order valence-corrected chi connectivity index (χ1v) is 5.50. The predicted octanol–water partition coefficient (Wildman–Crippen LogP) is 1.99. The molecule has 88 valence electrons. The molecule has 0 bridgehead atoms. The zero-order valence-electron chi connectivity index (χ0n) is 9.56. The van der Waals surface area contributed by atoms with Gasteiger partial charge in [-0.25, -0.2) is 0 Å². The number of nitrogens with zero attached hydrogens (tertiary/aromatic N) is 2. The Balaban J connectivity index is 1.98. The number of carbonyl (C=O) groups is 1. The van der Waals surface area contributed by atoms with Crippen molar-refractivity contribution in [3.8, 4) is 0 Å². The van der Waals surface area contributed by atoms with E-state index in [9.17, 15) is 4.79 Å². The van der Waals surface area contributed by atoms with E-state index in [0.717, 1.165) is 18.7 Å². The van der Waals surface area contributed by atoms with Crippen LogP contribution in [0.5, 0.6) is 0 Å². The summed E-state index contributed by atoms with van der Waals surface area (Å²) in [6.07, 6.45) is 2.89. The molecule has 0 spiro atoms. The van der Waals surface area contributed by atoms with Crippen molar-refractivity contribution in [3.63, 3.8) is 0 Å². The fourth-order valence-electron chi connectivity index (χ4n) is 1.73. The fraction of sp³-hybridized carbons (Fsp3) is 0.727. The summed E-state index contributed by atoms with van der Waals surface area (Å²) in [6.45, 7) is 3.78. The highest BCUT2D eigenvalue weighted by molar-refractivity contribution is 5.67. The van der Waals surface area contributed by atoms with E-state index >= 15 is 0 Å². The number of carboxylic acid groups (broad SMARTS) is 1. The predicted molar refractivity (Wildman–Crippen MR) is 56.0 cm³/mol. The first kappa shape index (κ1) is 11.1. The van der Waals surface area contributed by atoms with Gasteiger partial charge in [-0.05, 0) is 18.3 Å². The summed E-state index contributed by atoms with van der Waals surface area (Å²) in [6, 6.07) is 0. The maximum Gasteiger partial charge on any atom is 0.303 e. The Hall–Kier alpha value is -1.39. The van der Waals surface area contributed by atoms with E-state index in [1.807, 2.05) is 13.8 Å². The van der Waals surface area contributed by atoms with Crippen LogP contribution in [0.1, 0.15) is 50.7 Å². The van der Waals surface area contributed by atoms with Gasteiger partial charge in [0.1, 0.15) is 0 Å². The summed E-state index contributed by atoms with van der Waals surface area (Å²) >= 11 is 0. The lowest BCUT2D eigenvalue weighted by Gasteiger charge is -2.19. The van der Waals surface area contributed by atoms with Crippen LogP contribution in [0.15, 0.2) is 4.52 Å². The molecule has 0 unspecified atom stereocenters. The van der Waals surface area contributed by atoms with Crippen LogP contribution >= 0.6 is 0 Å². The Morgan fingerprint density at radius 2 is 2.25 bits per heavy atom. The zero-order chi connectivity index (χ0) is 11.8. The molecule has 1 fully saturated rings. The van der Waals surface area contributed by atoms with Gasteiger partial charge < -0.3 is 9.63 Å². The third-order valence-corrected chi connectivity index (χ3v) is 2.69. The molecule has 2 rings (SSSR count). The lowest BCUT2D eigenvalue weighted by Crippen LogP contribution is -2.19. The number of carboxylic acids is 1. The summed E-state index contributed by atoms with van der Waals surface area (Å²) in [7, 11) is 0. The average Bonchev–Trinajstić information content (AvgIpc) is 2.86. The third-order valence-electron chi connectivity index (χ3n) is 2.69. The Morgan fingerprint density at radius 1 is 1.56 bits per heavy atom. The Kier molecular flexibility index (Phi) is 2.69. The molecule has 0 amide bonds. The zero-order valence-corrected chi connectivity index (χ0v) is 9.56. The van der Waals surface area contributed by atoms with Crippen LogP contribution < -0.4 is 0 Å². The van der Waals surface area contributed by atoms with Crippen molar-refractivity contribution < 1.29 is 14.4 Å². The molecule has 0 radical (unpaired) electrons. The average molecular weight is 224 g/mol. The SMILES string of the molecule is CC(C)(CC(=O)O)Cc1nc(C2CC2)no1. The van der Waals surface area contributed by atoms with Gasteiger partial charge in [0.25, 0.3) is 0 Å². The molecular weight excluding hydrogens is 208 g/mol. The second kappa shape index (κ2) is 3.88. The molecule has 1 aromatic heterocycles. The van der Waals surface area contributed by atoms with Crippen molar-refractivity contribution in [2.75, 3.05) is 0 Å². The first-order valence-electron chi connectivity index (χ1n) is 5.50. The van der Waals surface area contributed by atoms with Gasteiger partial charge in [0.2, 0.25) is 5.89 Å². The summed E-state index contributed by atoms with van der Waals surface area (Å²) < 4.78 is 5.13. The standard InChI is InChI=1S/C11H16N2O3/c1-11(2,6-9(14)15)5-8-12-10(13-16-8)7-3-4-7/h7H,3-6H2,1-2H3,(H,14,15). The largest absolute Gasteiger partial charge is 0.481 e. The lowest BCUT2D eigenvalue weighted by molar-refractivity contribution is -0.139. The molecule has 1 N–H and O–H groups in total. The molecule has 0 atom stereocenters. The Labute approximate surface area is 93.9 Å². The van der Waals surface area contributed by atoms with Crippen molar-refractivity contribution in [1.82, 2.24) is 10.1 Å². The fourth-order valence-corrected chi connectivity index (χ4v) is 1.73. The van der Waals surface area contributed by atoms with Crippen molar-refractivity contribution >= 4 is 5.97 Å². The normalized spacial score (nSPS) is 16.4. The minimum absolute atomic E-state index is 0.105. The van der Waals surface area contributed by atoms with Gasteiger partial charge in [0.15, 0.2) is 5.82 Å². The van der Waals surface area contributed by atoms with Crippen LogP contribution in [0.4, 0.5) is 0 Å². The number of rotatable bonds is 5. The molecule has 1 aromatic rings. The number of hydrogen-bond acceptors (Lipinski definition) is 4. The van der Waals surface area contributed by atoms with Gasteiger partial charge in [0, 0.05) is 12.3 Å². The second-order valence-electron chi connectivity index (χ2n) is 5.23. The number of hydrogen-bond donors (Lipinski definition) is 1. The minimum Gasteiger partial charge on any atom is -0.481 e. The molecular formula is C11H16N2O3. The van der Waals surface area contributed by atoms with Gasteiger partial charge in [-0.15, -0.1) is 0 Å². The number of aromatic nitrogens is 2.